The van der Waals surface area contributed by atoms with E-state index in [1.807, 2.05) is 6.20 Å². The maximum Gasteiger partial charge on any atom is 0.180 e. The molecule has 0 bridgehead atoms. The van der Waals surface area contributed by atoms with E-state index in [4.69, 9.17) is 5.73 Å². The highest BCUT2D eigenvalue weighted by Gasteiger charge is 2.31. The van der Waals surface area contributed by atoms with Gasteiger partial charge in [-0.15, -0.1) is 23.7 Å². The van der Waals surface area contributed by atoms with Crippen LogP contribution >= 0.6 is 23.7 Å². The number of hydrogen-bond acceptors (Lipinski definition) is 4. The van der Waals surface area contributed by atoms with E-state index in [-0.39, 0.29) is 17.9 Å². The Hall–Kier alpha value is -1.10. The van der Waals surface area contributed by atoms with Gasteiger partial charge in [-0.3, -0.25) is 0 Å². The molecule has 0 atom stereocenters. The van der Waals surface area contributed by atoms with Gasteiger partial charge < -0.3 is 11.1 Å². The molecule has 0 saturated heterocycles. The lowest BCUT2D eigenvalue weighted by Crippen LogP contribution is -2.42. The molecule has 1 aromatic heterocycles. The lowest BCUT2D eigenvalue weighted by Gasteiger charge is -2.25. The van der Waals surface area contributed by atoms with E-state index in [1.54, 1.807) is 11.3 Å². The molecule has 1 aromatic carbocycles. The first-order valence-corrected chi connectivity index (χ1v) is 6.98. The van der Waals surface area contributed by atoms with Crippen LogP contribution in [0.2, 0.25) is 0 Å². The second-order valence-corrected chi connectivity index (χ2v) is 6.35. The second kappa shape index (κ2) is 5.49. The van der Waals surface area contributed by atoms with Crippen LogP contribution in [-0.4, -0.2) is 10.5 Å². The Balaban J connectivity index is 0.00000133. The van der Waals surface area contributed by atoms with Crippen LogP contribution in [-0.2, 0) is 19.4 Å². The molecule has 0 fully saturated rings. The maximum atomic E-state index is 5.64. The first-order chi connectivity index (χ1) is 8.65. The number of anilines is 1. The number of halogens is 1. The molecule has 0 saturated carbocycles. The van der Waals surface area contributed by atoms with Gasteiger partial charge in [0.1, 0.15) is 0 Å². The Morgan fingerprint density at radius 3 is 2.47 bits per heavy atom. The fraction of sp³-hybridized carbons (Fsp3) is 0.357. The molecule has 5 heteroatoms. The third-order valence-electron chi connectivity index (χ3n) is 3.54. The van der Waals surface area contributed by atoms with Crippen LogP contribution in [0.25, 0.3) is 0 Å². The summed E-state index contributed by atoms with van der Waals surface area (Å²) in [5.74, 6) is 0. The normalized spacial score (nSPS) is 15.8. The molecule has 3 N–H and O–H groups in total. The van der Waals surface area contributed by atoms with Crippen LogP contribution in [0.4, 0.5) is 5.13 Å². The summed E-state index contributed by atoms with van der Waals surface area (Å²) in [6.07, 6.45) is 4.05. The number of nitrogens with zero attached hydrogens (tertiary/aromatic N) is 1. The van der Waals surface area contributed by atoms with Crippen LogP contribution in [0.5, 0.6) is 0 Å². The maximum absolute atomic E-state index is 5.64. The Morgan fingerprint density at radius 2 is 1.95 bits per heavy atom. The SMILES string of the molecule is CC1(NCc2cnc(N)s2)Cc2ccccc2C1.Cl. The summed E-state index contributed by atoms with van der Waals surface area (Å²) in [5.41, 5.74) is 8.74. The van der Waals surface area contributed by atoms with Crippen molar-refractivity contribution in [3.63, 3.8) is 0 Å². The van der Waals surface area contributed by atoms with Gasteiger partial charge in [0, 0.05) is 23.2 Å². The van der Waals surface area contributed by atoms with Crippen LogP contribution < -0.4 is 11.1 Å². The minimum absolute atomic E-state index is 0. The van der Waals surface area contributed by atoms with E-state index in [1.165, 1.54) is 16.0 Å². The number of benzene rings is 1. The van der Waals surface area contributed by atoms with Crippen molar-refractivity contribution in [3.8, 4) is 0 Å². The van der Waals surface area contributed by atoms with Crippen molar-refractivity contribution in [3.05, 3.63) is 46.5 Å². The van der Waals surface area contributed by atoms with Crippen LogP contribution in [0.15, 0.2) is 30.5 Å². The number of nitrogens with two attached hydrogens (primary N) is 1. The van der Waals surface area contributed by atoms with Gasteiger partial charge in [-0.25, -0.2) is 4.98 Å². The summed E-state index contributed by atoms with van der Waals surface area (Å²) < 4.78 is 0. The highest BCUT2D eigenvalue weighted by Crippen LogP contribution is 2.30. The molecule has 0 amide bonds. The summed E-state index contributed by atoms with van der Waals surface area (Å²) in [4.78, 5) is 5.28. The van der Waals surface area contributed by atoms with Gasteiger partial charge in [-0.1, -0.05) is 24.3 Å². The molecule has 0 radical (unpaired) electrons. The number of rotatable bonds is 3. The zero-order chi connectivity index (χ0) is 12.6. The molecule has 0 unspecified atom stereocenters. The number of nitrogen functional groups attached to an aromatic ring is 1. The average Bonchev–Trinajstić information content (AvgIpc) is 2.89. The average molecular weight is 296 g/mol. The highest BCUT2D eigenvalue weighted by atomic mass is 35.5. The first kappa shape index (κ1) is 14.3. The van der Waals surface area contributed by atoms with Gasteiger partial charge in [0.15, 0.2) is 5.13 Å². The Bertz CT molecular complexity index is 542. The predicted octanol–water partition coefficient (Wildman–Crippen LogP) is 2.79. The molecule has 1 aliphatic rings. The Labute approximate surface area is 123 Å². The number of nitrogens with one attached hydrogen (secondary N) is 1. The van der Waals surface area contributed by atoms with Crippen LogP contribution in [0.3, 0.4) is 0 Å². The Kier molecular flexibility index (Phi) is 4.13. The summed E-state index contributed by atoms with van der Waals surface area (Å²) in [6, 6.07) is 8.70. The fourth-order valence-electron chi connectivity index (χ4n) is 2.64. The summed E-state index contributed by atoms with van der Waals surface area (Å²) in [6.45, 7) is 3.14. The lowest BCUT2D eigenvalue weighted by atomic mass is 9.98. The number of hydrogen-bond donors (Lipinski definition) is 2. The van der Waals surface area contributed by atoms with Gasteiger partial charge in [0.05, 0.1) is 0 Å². The van der Waals surface area contributed by atoms with Crippen molar-refractivity contribution in [2.24, 2.45) is 0 Å². The Morgan fingerprint density at radius 1 is 1.32 bits per heavy atom. The standard InChI is InChI=1S/C14H17N3S.ClH/c1-14(17-9-12-8-16-13(15)18-12)6-10-4-2-3-5-11(10)7-14;/h2-5,8,17H,6-7,9H2,1H3,(H2,15,16);1H. The van der Waals surface area contributed by atoms with Crippen molar-refractivity contribution in [1.82, 2.24) is 10.3 Å². The van der Waals surface area contributed by atoms with Crippen LogP contribution in [0.1, 0.15) is 22.9 Å². The lowest BCUT2D eigenvalue weighted by molar-refractivity contribution is 0.371. The molecule has 0 spiro atoms. The van der Waals surface area contributed by atoms with E-state index >= 15 is 0 Å². The topological polar surface area (TPSA) is 50.9 Å². The van der Waals surface area contributed by atoms with E-state index in [9.17, 15) is 0 Å². The third kappa shape index (κ3) is 3.08. The highest BCUT2D eigenvalue weighted by molar-refractivity contribution is 7.15. The second-order valence-electron chi connectivity index (χ2n) is 5.20. The largest absolute Gasteiger partial charge is 0.375 e. The summed E-state index contributed by atoms with van der Waals surface area (Å²) in [5, 5.41) is 4.29. The number of aromatic nitrogens is 1. The molecular weight excluding hydrogens is 278 g/mol. The fourth-order valence-corrected chi connectivity index (χ4v) is 3.26. The molecule has 19 heavy (non-hydrogen) atoms. The van der Waals surface area contributed by atoms with E-state index in [0.29, 0.717) is 5.13 Å². The van der Waals surface area contributed by atoms with Crippen molar-refractivity contribution < 1.29 is 0 Å². The molecule has 2 aromatic rings. The molecule has 1 aliphatic carbocycles. The van der Waals surface area contributed by atoms with E-state index < -0.39 is 0 Å². The van der Waals surface area contributed by atoms with E-state index in [0.717, 1.165) is 19.4 Å². The first-order valence-electron chi connectivity index (χ1n) is 6.17. The molecular formula is C14H18ClN3S. The summed E-state index contributed by atoms with van der Waals surface area (Å²) in [7, 11) is 0. The smallest absolute Gasteiger partial charge is 0.180 e. The minimum Gasteiger partial charge on any atom is -0.375 e. The van der Waals surface area contributed by atoms with Crippen molar-refractivity contribution in [2.45, 2.75) is 31.8 Å². The predicted molar refractivity (Wildman–Crippen MR) is 82.9 cm³/mol. The van der Waals surface area contributed by atoms with Crippen molar-refractivity contribution >= 4 is 28.9 Å². The van der Waals surface area contributed by atoms with Crippen LogP contribution in [0, 0.1) is 0 Å². The minimum atomic E-state index is 0. The van der Waals surface area contributed by atoms with Crippen molar-refractivity contribution in [2.75, 3.05) is 5.73 Å². The van der Waals surface area contributed by atoms with Gasteiger partial charge in [-0.05, 0) is 30.9 Å². The van der Waals surface area contributed by atoms with Gasteiger partial charge >= 0.3 is 0 Å². The van der Waals surface area contributed by atoms with E-state index in [2.05, 4.69) is 41.5 Å². The third-order valence-corrected chi connectivity index (χ3v) is 4.37. The van der Waals surface area contributed by atoms with Crippen molar-refractivity contribution in [1.29, 1.82) is 0 Å². The number of fused-ring (bicyclic) bond motifs is 1. The van der Waals surface area contributed by atoms with Gasteiger partial charge in [-0.2, -0.15) is 0 Å². The summed E-state index contributed by atoms with van der Waals surface area (Å²) >= 11 is 1.56. The van der Waals surface area contributed by atoms with Gasteiger partial charge in [0.2, 0.25) is 0 Å². The zero-order valence-electron chi connectivity index (χ0n) is 10.8. The molecule has 1 heterocycles. The molecule has 3 rings (SSSR count). The molecule has 102 valence electrons. The number of thiazole rings is 1. The molecule has 3 nitrogen and oxygen atoms in total. The van der Waals surface area contributed by atoms with Gasteiger partial charge in [0.25, 0.3) is 0 Å². The zero-order valence-corrected chi connectivity index (χ0v) is 12.5. The molecule has 0 aliphatic heterocycles. The quantitative estimate of drug-likeness (QED) is 0.915. The monoisotopic (exact) mass is 295 g/mol.